The molecule has 0 aromatic heterocycles. The van der Waals surface area contributed by atoms with Gasteiger partial charge in [0, 0.05) is 6.42 Å². The topological polar surface area (TPSA) is 29.1 Å². The average Bonchev–Trinajstić information content (AvgIpc) is 1.53. The first-order chi connectivity index (χ1) is 4.81. The van der Waals surface area contributed by atoms with E-state index in [0.29, 0.717) is 12.3 Å². The molecule has 0 aliphatic rings. The number of halogens is 1. The van der Waals surface area contributed by atoms with Crippen molar-refractivity contribution in [3.8, 4) is 0 Å². The molecule has 0 bridgehead atoms. The van der Waals surface area contributed by atoms with Crippen LogP contribution in [-0.4, -0.2) is 9.45 Å². The van der Waals surface area contributed by atoms with Gasteiger partial charge in [-0.05, 0) is 19.8 Å². The van der Waals surface area contributed by atoms with Gasteiger partial charge in [-0.15, -0.1) is 0 Å². The van der Waals surface area contributed by atoms with E-state index in [1.54, 1.807) is 0 Å². The smallest absolute Gasteiger partial charge is 0.221 e. The van der Waals surface area contributed by atoms with Crippen LogP contribution in [0.15, 0.2) is 0 Å². The lowest BCUT2D eigenvalue weighted by atomic mass is 10.1. The predicted molar refractivity (Wildman–Crippen MR) is 55.7 cm³/mol. The van der Waals surface area contributed by atoms with Crippen LogP contribution in [0.25, 0.3) is 0 Å². The van der Waals surface area contributed by atoms with E-state index in [2.05, 4.69) is 27.9 Å². The summed E-state index contributed by atoms with van der Waals surface area (Å²) >= 11 is 2.21. The summed E-state index contributed by atoms with van der Waals surface area (Å²) < 4.78 is -0.121. The third kappa shape index (κ3) is 8.10. The van der Waals surface area contributed by atoms with E-state index in [-0.39, 0.29) is 9.45 Å². The molecule has 0 atom stereocenters. The predicted octanol–water partition coefficient (Wildman–Crippen LogP) is 2.32. The molecule has 0 heterocycles. The molecule has 0 saturated carbocycles. The Morgan fingerprint density at radius 2 is 2.00 bits per heavy atom. The van der Waals surface area contributed by atoms with Crippen LogP contribution in [-0.2, 0) is 4.79 Å². The maximum Gasteiger partial charge on any atom is 0.221 e. The fourth-order valence-electron chi connectivity index (χ4n) is 0.753. The summed E-state index contributed by atoms with van der Waals surface area (Å²) in [6.45, 7) is 8.04. The number of hydrogen-bond donors (Lipinski definition) is 1. The minimum absolute atomic E-state index is 0.121. The van der Waals surface area contributed by atoms with Crippen LogP contribution < -0.4 is 5.32 Å². The van der Waals surface area contributed by atoms with Gasteiger partial charge in [-0.2, -0.15) is 0 Å². The first kappa shape index (κ1) is 11.2. The van der Waals surface area contributed by atoms with E-state index < -0.39 is 0 Å². The molecule has 1 amide bonds. The summed E-state index contributed by atoms with van der Waals surface area (Å²) in [6, 6.07) is 0. The number of alkyl halides is 1. The highest BCUT2D eigenvalue weighted by molar-refractivity contribution is 14.1. The number of rotatable bonds is 3. The summed E-state index contributed by atoms with van der Waals surface area (Å²) in [5.41, 5.74) is 0. The normalized spacial score (nSPS) is 11.8. The summed E-state index contributed by atoms with van der Waals surface area (Å²) in [6.07, 6.45) is 0.617. The Bertz CT molecular complexity index is 138. The summed E-state index contributed by atoms with van der Waals surface area (Å²) in [7, 11) is 0. The Hall–Kier alpha value is 0.200. The molecule has 0 unspecified atom stereocenters. The van der Waals surface area contributed by atoms with Crippen LogP contribution in [0.1, 0.15) is 34.1 Å². The van der Waals surface area contributed by atoms with Gasteiger partial charge in [-0.3, -0.25) is 4.79 Å². The highest BCUT2D eigenvalue weighted by Gasteiger charge is 2.15. The number of amides is 1. The minimum atomic E-state index is -0.121. The fraction of sp³-hybridized carbons (Fsp3) is 0.875. The number of nitrogens with one attached hydrogen (secondary N) is 1. The van der Waals surface area contributed by atoms with Gasteiger partial charge in [-0.1, -0.05) is 36.4 Å². The molecule has 0 aromatic carbocycles. The molecule has 0 fully saturated rings. The van der Waals surface area contributed by atoms with Crippen molar-refractivity contribution in [2.75, 3.05) is 0 Å². The third-order valence-corrected chi connectivity index (χ3v) is 1.30. The lowest BCUT2D eigenvalue weighted by molar-refractivity contribution is -0.122. The quantitative estimate of drug-likeness (QED) is 0.475. The highest BCUT2D eigenvalue weighted by Crippen LogP contribution is 2.12. The lowest BCUT2D eigenvalue weighted by Gasteiger charge is -2.19. The zero-order valence-electron chi connectivity index (χ0n) is 7.57. The molecule has 2 nitrogen and oxygen atoms in total. The van der Waals surface area contributed by atoms with Gasteiger partial charge in [0.1, 0.15) is 0 Å². The van der Waals surface area contributed by atoms with Crippen molar-refractivity contribution in [2.24, 2.45) is 5.92 Å². The Kier molecular flexibility index (Phi) is 4.36. The van der Waals surface area contributed by atoms with Crippen molar-refractivity contribution in [3.05, 3.63) is 0 Å². The first-order valence-electron chi connectivity index (χ1n) is 3.81. The van der Waals surface area contributed by atoms with Gasteiger partial charge in [0.25, 0.3) is 0 Å². The van der Waals surface area contributed by atoms with Crippen molar-refractivity contribution >= 4 is 28.5 Å². The van der Waals surface area contributed by atoms with E-state index in [4.69, 9.17) is 0 Å². The average molecular weight is 269 g/mol. The zero-order chi connectivity index (χ0) is 9.07. The molecular weight excluding hydrogens is 253 g/mol. The van der Waals surface area contributed by atoms with Gasteiger partial charge >= 0.3 is 0 Å². The largest absolute Gasteiger partial charge is 0.342 e. The molecule has 0 aliphatic carbocycles. The minimum Gasteiger partial charge on any atom is -0.342 e. The number of hydrogen-bond acceptors (Lipinski definition) is 1. The molecule has 11 heavy (non-hydrogen) atoms. The molecule has 0 radical (unpaired) electrons. The summed E-state index contributed by atoms with van der Waals surface area (Å²) in [5, 5.41) is 2.90. The molecule has 66 valence electrons. The van der Waals surface area contributed by atoms with Crippen molar-refractivity contribution < 1.29 is 4.79 Å². The SMILES string of the molecule is CC(C)CC(=O)NC(C)(C)I. The van der Waals surface area contributed by atoms with Crippen LogP contribution in [0.3, 0.4) is 0 Å². The summed E-state index contributed by atoms with van der Waals surface area (Å²) in [5.74, 6) is 0.577. The van der Waals surface area contributed by atoms with E-state index in [1.165, 1.54) is 0 Å². The van der Waals surface area contributed by atoms with Crippen molar-refractivity contribution in [3.63, 3.8) is 0 Å². The monoisotopic (exact) mass is 269 g/mol. The van der Waals surface area contributed by atoms with Crippen LogP contribution in [0, 0.1) is 5.92 Å². The van der Waals surface area contributed by atoms with Gasteiger partial charge in [-0.25, -0.2) is 0 Å². The first-order valence-corrected chi connectivity index (χ1v) is 4.89. The van der Waals surface area contributed by atoms with Gasteiger partial charge in [0.15, 0.2) is 0 Å². The van der Waals surface area contributed by atoms with Crippen molar-refractivity contribution in [1.82, 2.24) is 5.32 Å². The van der Waals surface area contributed by atoms with Gasteiger partial charge < -0.3 is 5.32 Å². The Morgan fingerprint density at radius 3 is 2.27 bits per heavy atom. The molecule has 0 aliphatic heterocycles. The van der Waals surface area contributed by atoms with E-state index in [9.17, 15) is 4.79 Å². The van der Waals surface area contributed by atoms with Crippen LogP contribution >= 0.6 is 22.6 Å². The Morgan fingerprint density at radius 1 is 1.55 bits per heavy atom. The maximum atomic E-state index is 11.2. The van der Waals surface area contributed by atoms with Crippen LogP contribution in [0.5, 0.6) is 0 Å². The second kappa shape index (κ2) is 4.28. The molecule has 0 saturated heterocycles. The highest BCUT2D eigenvalue weighted by atomic mass is 127. The Labute approximate surface area is 82.3 Å². The summed E-state index contributed by atoms with van der Waals surface area (Å²) in [4.78, 5) is 11.2. The molecule has 0 rings (SSSR count). The number of carbonyl (C=O) groups excluding carboxylic acids is 1. The molecule has 1 N–H and O–H groups in total. The third-order valence-electron chi connectivity index (χ3n) is 1.03. The molecule has 3 heteroatoms. The second-order valence-corrected chi connectivity index (χ2v) is 6.32. The second-order valence-electron chi connectivity index (χ2n) is 3.62. The molecule has 0 aromatic rings. The molecule has 0 spiro atoms. The van der Waals surface area contributed by atoms with Crippen LogP contribution in [0.2, 0.25) is 0 Å². The van der Waals surface area contributed by atoms with Crippen LogP contribution in [0.4, 0.5) is 0 Å². The zero-order valence-corrected chi connectivity index (χ0v) is 9.73. The van der Waals surface area contributed by atoms with E-state index >= 15 is 0 Å². The number of carbonyl (C=O) groups is 1. The Balaban J connectivity index is 3.71. The van der Waals surface area contributed by atoms with E-state index in [1.807, 2.05) is 27.7 Å². The van der Waals surface area contributed by atoms with Crippen molar-refractivity contribution in [2.45, 2.75) is 37.7 Å². The standard InChI is InChI=1S/C8H16INO/c1-6(2)5-7(11)10-8(3,4)9/h6H,5H2,1-4H3,(H,10,11). The lowest BCUT2D eigenvalue weighted by Crippen LogP contribution is -2.38. The molecular formula is C8H16INO. The van der Waals surface area contributed by atoms with E-state index in [0.717, 1.165) is 0 Å². The van der Waals surface area contributed by atoms with Crippen molar-refractivity contribution in [1.29, 1.82) is 0 Å². The fourth-order valence-corrected chi connectivity index (χ4v) is 1.05. The maximum absolute atomic E-state index is 11.2. The van der Waals surface area contributed by atoms with Gasteiger partial charge in [0.2, 0.25) is 5.91 Å². The van der Waals surface area contributed by atoms with Gasteiger partial charge in [0.05, 0.1) is 3.55 Å².